The molecule has 10 nitrogen and oxygen atoms in total. The summed E-state index contributed by atoms with van der Waals surface area (Å²) in [6.07, 6.45) is 1.34. The highest BCUT2D eigenvalue weighted by Gasteiger charge is 2.45. The number of aromatic nitrogens is 3. The third-order valence-corrected chi connectivity index (χ3v) is 6.52. The number of pyridine rings is 1. The second-order valence-electron chi connectivity index (χ2n) is 9.35. The minimum Gasteiger partial charge on any atom is -0.475 e. The molecule has 222 valence electrons. The van der Waals surface area contributed by atoms with Gasteiger partial charge in [-0.2, -0.15) is 26.3 Å². The van der Waals surface area contributed by atoms with E-state index in [0.29, 0.717) is 12.5 Å². The molecule has 2 N–H and O–H groups in total. The lowest BCUT2D eigenvalue weighted by molar-refractivity contribution is -0.193. The smallest absolute Gasteiger partial charge is 0.475 e. The summed E-state index contributed by atoms with van der Waals surface area (Å²) in [5, 5.41) is 14.2. The van der Waals surface area contributed by atoms with Crippen LogP contribution in [-0.4, -0.2) is 84.4 Å². The van der Waals surface area contributed by atoms with Gasteiger partial charge in [-0.3, -0.25) is 14.7 Å². The number of nitrogens with zero attached hydrogens (tertiary/aromatic N) is 5. The van der Waals surface area contributed by atoms with Crippen molar-refractivity contribution in [1.82, 2.24) is 24.3 Å². The highest BCUT2D eigenvalue weighted by atomic mass is 19.4. The standard InChI is InChI=1S/C20H27N5O.2C2HF3O2/c1-23-16-22-13-18(23)15-24-10-6-20(7-11-24)5-3-9-25(19(20)26)14-17-4-2-8-21-12-17;2*3-2(4,5)1(6)7/h2,4,8,12-13,16H,3,5-7,9-11,14-15H2,1H3;2*(H,6,7). The van der Waals surface area contributed by atoms with Crippen LogP contribution >= 0.6 is 0 Å². The van der Waals surface area contributed by atoms with E-state index in [1.165, 1.54) is 5.69 Å². The summed E-state index contributed by atoms with van der Waals surface area (Å²) in [5.74, 6) is -5.16. The zero-order valence-electron chi connectivity index (χ0n) is 21.5. The molecule has 2 saturated heterocycles. The first-order valence-electron chi connectivity index (χ1n) is 12.0. The van der Waals surface area contributed by atoms with E-state index in [1.807, 2.05) is 31.8 Å². The molecule has 4 heterocycles. The number of hydrogen-bond acceptors (Lipinski definition) is 6. The summed E-state index contributed by atoms with van der Waals surface area (Å²) in [5.41, 5.74) is 2.20. The molecule has 2 fully saturated rings. The fourth-order valence-electron chi connectivity index (χ4n) is 4.38. The number of alkyl halides is 6. The molecule has 2 aliphatic rings. The van der Waals surface area contributed by atoms with E-state index in [-0.39, 0.29) is 5.41 Å². The molecule has 1 spiro atoms. The van der Waals surface area contributed by atoms with Gasteiger partial charge in [0.05, 0.1) is 17.4 Å². The largest absolute Gasteiger partial charge is 0.490 e. The highest BCUT2D eigenvalue weighted by molar-refractivity contribution is 5.83. The first-order valence-corrected chi connectivity index (χ1v) is 12.0. The zero-order chi connectivity index (χ0) is 30.1. The maximum atomic E-state index is 13.3. The summed E-state index contributed by atoms with van der Waals surface area (Å²) < 4.78 is 65.5. The van der Waals surface area contributed by atoms with Crippen LogP contribution in [0.25, 0.3) is 0 Å². The van der Waals surface area contributed by atoms with Gasteiger partial charge in [-0.1, -0.05) is 6.07 Å². The van der Waals surface area contributed by atoms with Crippen molar-refractivity contribution in [2.45, 2.75) is 51.1 Å². The van der Waals surface area contributed by atoms with Crippen molar-refractivity contribution in [2.24, 2.45) is 12.5 Å². The molecular formula is C24H29F6N5O5. The third kappa shape index (κ3) is 9.50. The Morgan fingerprint density at radius 1 is 0.925 bits per heavy atom. The van der Waals surface area contributed by atoms with Gasteiger partial charge in [-0.15, -0.1) is 0 Å². The topological polar surface area (TPSA) is 129 Å². The van der Waals surface area contributed by atoms with Crippen LogP contribution in [0.5, 0.6) is 0 Å². The highest BCUT2D eigenvalue weighted by Crippen LogP contribution is 2.41. The number of imidazole rings is 1. The Labute approximate surface area is 225 Å². The number of halogens is 6. The minimum absolute atomic E-state index is 0.149. The second-order valence-corrected chi connectivity index (χ2v) is 9.35. The van der Waals surface area contributed by atoms with Gasteiger partial charge >= 0.3 is 24.3 Å². The molecule has 4 rings (SSSR count). The number of carbonyl (C=O) groups excluding carboxylic acids is 1. The van der Waals surface area contributed by atoms with Gasteiger partial charge in [0, 0.05) is 45.3 Å². The number of hydrogen-bond donors (Lipinski definition) is 2. The van der Waals surface area contributed by atoms with E-state index in [1.54, 1.807) is 6.20 Å². The molecule has 0 aromatic carbocycles. The molecule has 2 aromatic heterocycles. The van der Waals surface area contributed by atoms with Crippen molar-refractivity contribution in [3.05, 3.63) is 48.3 Å². The Morgan fingerprint density at radius 2 is 1.50 bits per heavy atom. The molecule has 2 aromatic rings. The van der Waals surface area contributed by atoms with Gasteiger partial charge in [0.25, 0.3) is 0 Å². The Kier molecular flexibility index (Phi) is 11.0. The molecule has 0 atom stereocenters. The third-order valence-electron chi connectivity index (χ3n) is 6.52. The number of amides is 1. The Bertz CT molecular complexity index is 1110. The van der Waals surface area contributed by atoms with E-state index >= 15 is 0 Å². The zero-order valence-corrected chi connectivity index (χ0v) is 21.5. The Morgan fingerprint density at radius 3 is 1.95 bits per heavy atom. The number of likely N-dealkylation sites (tertiary alicyclic amines) is 2. The molecule has 0 unspecified atom stereocenters. The number of carboxylic acid groups (broad SMARTS) is 2. The molecular weight excluding hydrogens is 552 g/mol. The molecule has 0 bridgehead atoms. The molecule has 16 heteroatoms. The van der Waals surface area contributed by atoms with Crippen molar-refractivity contribution < 1.29 is 50.9 Å². The lowest BCUT2D eigenvalue weighted by Gasteiger charge is -2.46. The summed E-state index contributed by atoms with van der Waals surface area (Å²) >= 11 is 0. The first kappa shape index (κ1) is 32.5. The predicted octanol–water partition coefficient (Wildman–Crippen LogP) is 3.49. The SMILES string of the molecule is Cn1cncc1CN1CCC2(CCCN(Cc3cccnc3)C2=O)CC1.O=C(O)C(F)(F)F.O=C(O)C(F)(F)F. The van der Waals surface area contributed by atoms with Crippen molar-refractivity contribution in [3.8, 4) is 0 Å². The minimum atomic E-state index is -5.08. The van der Waals surface area contributed by atoms with Gasteiger partial charge in [-0.25, -0.2) is 14.6 Å². The van der Waals surface area contributed by atoms with Crippen LogP contribution in [0.15, 0.2) is 37.1 Å². The fourth-order valence-corrected chi connectivity index (χ4v) is 4.38. The maximum absolute atomic E-state index is 13.3. The molecule has 0 saturated carbocycles. The number of carbonyl (C=O) groups is 3. The molecule has 2 aliphatic heterocycles. The van der Waals surface area contributed by atoms with Crippen LogP contribution in [0.1, 0.15) is 36.9 Å². The maximum Gasteiger partial charge on any atom is 0.490 e. The number of aliphatic carboxylic acids is 2. The van der Waals surface area contributed by atoms with Crippen LogP contribution < -0.4 is 0 Å². The molecule has 0 aliphatic carbocycles. The van der Waals surface area contributed by atoms with E-state index in [2.05, 4.69) is 30.4 Å². The Balaban J connectivity index is 0.000000333. The van der Waals surface area contributed by atoms with Crippen molar-refractivity contribution in [1.29, 1.82) is 0 Å². The van der Waals surface area contributed by atoms with Crippen LogP contribution in [0.4, 0.5) is 26.3 Å². The molecule has 1 amide bonds. The van der Waals surface area contributed by atoms with Crippen LogP contribution in [0.3, 0.4) is 0 Å². The van der Waals surface area contributed by atoms with Crippen LogP contribution in [0, 0.1) is 5.41 Å². The van der Waals surface area contributed by atoms with Crippen molar-refractivity contribution in [2.75, 3.05) is 19.6 Å². The number of piperidine rings is 2. The number of aryl methyl sites for hydroxylation is 1. The summed E-state index contributed by atoms with van der Waals surface area (Å²) in [6.45, 7) is 4.44. The average molecular weight is 582 g/mol. The monoisotopic (exact) mass is 581 g/mol. The summed E-state index contributed by atoms with van der Waals surface area (Å²) in [4.78, 5) is 43.9. The van der Waals surface area contributed by atoms with Crippen LogP contribution in [-0.2, 0) is 34.5 Å². The predicted molar refractivity (Wildman–Crippen MR) is 126 cm³/mol. The lowest BCUT2D eigenvalue weighted by atomic mass is 9.71. The van der Waals surface area contributed by atoms with Gasteiger partial charge in [0.15, 0.2) is 0 Å². The van der Waals surface area contributed by atoms with Gasteiger partial charge in [0.2, 0.25) is 5.91 Å². The van der Waals surface area contributed by atoms with Gasteiger partial charge < -0.3 is 19.7 Å². The molecule has 40 heavy (non-hydrogen) atoms. The number of rotatable bonds is 4. The average Bonchev–Trinajstić information content (AvgIpc) is 3.28. The lowest BCUT2D eigenvalue weighted by Crippen LogP contribution is -2.53. The van der Waals surface area contributed by atoms with E-state index in [9.17, 15) is 31.1 Å². The van der Waals surface area contributed by atoms with Crippen molar-refractivity contribution in [3.63, 3.8) is 0 Å². The Hall–Kier alpha value is -3.69. The van der Waals surface area contributed by atoms with Gasteiger partial charge in [-0.05, 0) is 50.4 Å². The fraction of sp³-hybridized carbons (Fsp3) is 0.542. The normalized spacial score (nSPS) is 17.4. The summed E-state index contributed by atoms with van der Waals surface area (Å²) in [6, 6.07) is 3.99. The summed E-state index contributed by atoms with van der Waals surface area (Å²) in [7, 11) is 2.04. The van der Waals surface area contributed by atoms with Gasteiger partial charge in [0.1, 0.15) is 0 Å². The van der Waals surface area contributed by atoms with E-state index < -0.39 is 24.3 Å². The molecule has 0 radical (unpaired) electrons. The second kappa shape index (κ2) is 13.6. The van der Waals surface area contributed by atoms with E-state index in [0.717, 1.165) is 57.4 Å². The first-order chi connectivity index (χ1) is 18.5. The van der Waals surface area contributed by atoms with Crippen LogP contribution in [0.2, 0.25) is 0 Å². The van der Waals surface area contributed by atoms with E-state index in [4.69, 9.17) is 19.8 Å². The van der Waals surface area contributed by atoms with Crippen molar-refractivity contribution >= 4 is 17.8 Å². The quantitative estimate of drug-likeness (QED) is 0.526. The number of carboxylic acids is 2.